The first kappa shape index (κ1) is 8.55. The second kappa shape index (κ2) is 3.02. The van der Waals surface area contributed by atoms with E-state index < -0.39 is 0 Å². The van der Waals surface area contributed by atoms with Crippen LogP contribution in [0.2, 0.25) is 0 Å². The van der Waals surface area contributed by atoms with E-state index in [-0.39, 0.29) is 5.60 Å². The molecule has 2 aliphatic carbocycles. The van der Waals surface area contributed by atoms with Gasteiger partial charge in [-0.3, -0.25) is 0 Å². The van der Waals surface area contributed by atoms with Crippen LogP contribution in [0, 0.1) is 11.8 Å². The molecule has 2 rings (SSSR count). The minimum Gasteiger partial charge on any atom is -0.389 e. The highest BCUT2D eigenvalue weighted by molar-refractivity contribution is 5.07. The van der Waals surface area contributed by atoms with Crippen molar-refractivity contribution in [3.8, 4) is 0 Å². The predicted molar refractivity (Wildman–Crippen MR) is 49.9 cm³/mol. The first-order valence-corrected chi connectivity index (χ1v) is 5.49. The monoisotopic (exact) mass is 168 g/mol. The van der Waals surface area contributed by atoms with Crippen molar-refractivity contribution in [1.82, 2.24) is 0 Å². The molecule has 0 unspecified atom stereocenters. The van der Waals surface area contributed by atoms with Crippen LogP contribution in [-0.2, 0) is 0 Å². The van der Waals surface area contributed by atoms with Crippen molar-refractivity contribution in [1.29, 1.82) is 0 Å². The highest BCUT2D eigenvalue weighted by Crippen LogP contribution is 2.54. The topological polar surface area (TPSA) is 20.2 Å². The van der Waals surface area contributed by atoms with Gasteiger partial charge in [0, 0.05) is 0 Å². The zero-order valence-corrected chi connectivity index (χ0v) is 8.05. The van der Waals surface area contributed by atoms with Crippen LogP contribution in [0.15, 0.2) is 0 Å². The van der Waals surface area contributed by atoms with Crippen molar-refractivity contribution in [3.63, 3.8) is 0 Å². The van der Waals surface area contributed by atoms with Gasteiger partial charge in [0.25, 0.3) is 0 Å². The molecule has 2 saturated carbocycles. The fourth-order valence-corrected chi connectivity index (χ4v) is 2.94. The number of hydrogen-bond donors (Lipinski definition) is 1. The minimum absolute atomic E-state index is 0.213. The molecule has 0 amide bonds. The molecule has 0 aromatic rings. The molecule has 0 bridgehead atoms. The van der Waals surface area contributed by atoms with Crippen LogP contribution in [0.3, 0.4) is 0 Å². The highest BCUT2D eigenvalue weighted by atomic mass is 16.3. The van der Waals surface area contributed by atoms with E-state index in [1.165, 1.54) is 38.5 Å². The Kier molecular flexibility index (Phi) is 2.16. The second-order valence-corrected chi connectivity index (χ2v) is 4.64. The van der Waals surface area contributed by atoms with Gasteiger partial charge in [-0.1, -0.05) is 32.6 Å². The van der Waals surface area contributed by atoms with Crippen LogP contribution in [0.25, 0.3) is 0 Å². The molecule has 0 heterocycles. The quantitative estimate of drug-likeness (QED) is 0.672. The van der Waals surface area contributed by atoms with E-state index >= 15 is 0 Å². The van der Waals surface area contributed by atoms with Gasteiger partial charge in [-0.15, -0.1) is 0 Å². The Morgan fingerprint density at radius 3 is 2.42 bits per heavy atom. The van der Waals surface area contributed by atoms with E-state index in [1.54, 1.807) is 0 Å². The zero-order chi connectivity index (χ0) is 8.60. The summed E-state index contributed by atoms with van der Waals surface area (Å²) in [7, 11) is 0. The normalized spacial score (nSPS) is 43.0. The molecule has 2 fully saturated rings. The SMILES string of the molecule is CC[C@H]1C[C@@]1(O)C1CCCCC1. The van der Waals surface area contributed by atoms with E-state index in [4.69, 9.17) is 0 Å². The van der Waals surface area contributed by atoms with Crippen LogP contribution in [0.1, 0.15) is 51.9 Å². The fraction of sp³-hybridized carbons (Fsp3) is 1.00. The first-order valence-electron chi connectivity index (χ1n) is 5.49. The number of aliphatic hydroxyl groups is 1. The molecule has 0 aromatic carbocycles. The summed E-state index contributed by atoms with van der Waals surface area (Å²) in [5, 5.41) is 10.2. The lowest BCUT2D eigenvalue weighted by atomic mass is 9.82. The Morgan fingerprint density at radius 2 is 1.92 bits per heavy atom. The van der Waals surface area contributed by atoms with Gasteiger partial charge in [-0.2, -0.15) is 0 Å². The van der Waals surface area contributed by atoms with Gasteiger partial charge in [0.15, 0.2) is 0 Å². The Labute approximate surface area is 75.2 Å². The van der Waals surface area contributed by atoms with Crippen molar-refractivity contribution in [2.75, 3.05) is 0 Å². The molecule has 70 valence electrons. The van der Waals surface area contributed by atoms with Crippen LogP contribution in [-0.4, -0.2) is 10.7 Å². The number of rotatable bonds is 2. The summed E-state index contributed by atoms with van der Waals surface area (Å²) in [5.41, 5.74) is -0.213. The molecule has 0 saturated heterocycles. The molecule has 1 nitrogen and oxygen atoms in total. The number of hydrogen-bond acceptors (Lipinski definition) is 1. The zero-order valence-electron chi connectivity index (χ0n) is 8.05. The second-order valence-electron chi connectivity index (χ2n) is 4.64. The molecule has 2 atom stereocenters. The summed E-state index contributed by atoms with van der Waals surface area (Å²) in [6, 6.07) is 0. The maximum absolute atomic E-state index is 10.2. The lowest BCUT2D eigenvalue weighted by Gasteiger charge is -2.27. The fourth-order valence-electron chi connectivity index (χ4n) is 2.94. The summed E-state index contributed by atoms with van der Waals surface area (Å²) >= 11 is 0. The molecule has 12 heavy (non-hydrogen) atoms. The van der Waals surface area contributed by atoms with Gasteiger partial charge in [0.05, 0.1) is 5.60 Å². The van der Waals surface area contributed by atoms with Crippen molar-refractivity contribution >= 4 is 0 Å². The third-order valence-corrected chi connectivity index (χ3v) is 3.93. The summed E-state index contributed by atoms with van der Waals surface area (Å²) in [6.07, 6.45) is 8.93. The maximum atomic E-state index is 10.2. The largest absolute Gasteiger partial charge is 0.389 e. The van der Waals surface area contributed by atoms with Gasteiger partial charge in [-0.25, -0.2) is 0 Å². The average molecular weight is 168 g/mol. The molecule has 0 aromatic heterocycles. The van der Waals surface area contributed by atoms with Crippen LogP contribution in [0.5, 0.6) is 0 Å². The van der Waals surface area contributed by atoms with Gasteiger partial charge in [0.1, 0.15) is 0 Å². The Morgan fingerprint density at radius 1 is 1.25 bits per heavy atom. The van der Waals surface area contributed by atoms with Crippen LogP contribution >= 0.6 is 0 Å². The summed E-state index contributed by atoms with van der Waals surface area (Å²) < 4.78 is 0. The Hall–Kier alpha value is -0.0400. The maximum Gasteiger partial charge on any atom is 0.0708 e. The lowest BCUT2D eigenvalue weighted by molar-refractivity contribution is 0.0447. The Balaban J connectivity index is 1.91. The predicted octanol–water partition coefficient (Wildman–Crippen LogP) is 2.73. The van der Waals surface area contributed by atoms with E-state index in [1.807, 2.05) is 0 Å². The van der Waals surface area contributed by atoms with Crippen molar-refractivity contribution in [3.05, 3.63) is 0 Å². The van der Waals surface area contributed by atoms with Crippen LogP contribution < -0.4 is 0 Å². The van der Waals surface area contributed by atoms with Gasteiger partial charge < -0.3 is 5.11 Å². The van der Waals surface area contributed by atoms with E-state index in [2.05, 4.69) is 6.92 Å². The van der Waals surface area contributed by atoms with Crippen molar-refractivity contribution in [2.24, 2.45) is 11.8 Å². The van der Waals surface area contributed by atoms with Gasteiger partial charge in [-0.05, 0) is 31.1 Å². The molecular formula is C11H20O. The third-order valence-electron chi connectivity index (χ3n) is 3.93. The molecular weight excluding hydrogens is 148 g/mol. The molecule has 0 spiro atoms. The smallest absolute Gasteiger partial charge is 0.0708 e. The van der Waals surface area contributed by atoms with Crippen molar-refractivity contribution < 1.29 is 5.11 Å². The average Bonchev–Trinajstić information content (AvgIpc) is 2.81. The van der Waals surface area contributed by atoms with Crippen molar-refractivity contribution in [2.45, 2.75) is 57.5 Å². The molecule has 0 aliphatic heterocycles. The summed E-state index contributed by atoms with van der Waals surface area (Å²) in [6.45, 7) is 2.20. The Bertz CT molecular complexity index is 160. The van der Waals surface area contributed by atoms with Gasteiger partial charge in [0.2, 0.25) is 0 Å². The van der Waals surface area contributed by atoms with E-state index in [0.29, 0.717) is 11.8 Å². The summed E-state index contributed by atoms with van der Waals surface area (Å²) in [4.78, 5) is 0. The van der Waals surface area contributed by atoms with E-state index in [9.17, 15) is 5.11 Å². The van der Waals surface area contributed by atoms with E-state index in [0.717, 1.165) is 6.42 Å². The summed E-state index contributed by atoms with van der Waals surface area (Å²) in [5.74, 6) is 1.29. The molecule has 0 radical (unpaired) electrons. The standard InChI is InChI=1S/C11H20O/c1-2-9-8-11(9,12)10-6-4-3-5-7-10/h9-10,12H,2-8H2,1H3/t9-,11-/m0/s1. The lowest BCUT2D eigenvalue weighted by Crippen LogP contribution is -2.26. The minimum atomic E-state index is -0.213. The molecule has 2 aliphatic rings. The van der Waals surface area contributed by atoms with Crippen LogP contribution in [0.4, 0.5) is 0 Å². The third kappa shape index (κ3) is 1.28. The first-order chi connectivity index (χ1) is 5.77. The highest BCUT2D eigenvalue weighted by Gasteiger charge is 2.56. The van der Waals surface area contributed by atoms with Gasteiger partial charge >= 0.3 is 0 Å². The molecule has 1 heteroatoms. The molecule has 1 N–H and O–H groups in total.